The number of halogens is 1. The van der Waals surface area contributed by atoms with Crippen LogP contribution >= 0.6 is 0 Å². The van der Waals surface area contributed by atoms with Crippen LogP contribution in [0.15, 0.2) is 30.3 Å². The number of carbonyl (C=O) groups excluding carboxylic acids is 1. The Morgan fingerprint density at radius 3 is 2.41 bits per heavy atom. The standard InChI is InChI=1S/C18H20FN3O5/c1-10-7-16(26-3)17(27-4)9-14(10)20-11(2)18(23)21-12-5-6-13(19)15(8-12)22(24)25/h5-9,11,20H,1-4H3,(H,21,23)/t11-/m1/s1. The van der Waals surface area contributed by atoms with Crippen LogP contribution in [0.3, 0.4) is 0 Å². The summed E-state index contributed by atoms with van der Waals surface area (Å²) in [5.74, 6) is -0.334. The molecule has 0 aliphatic carbocycles. The van der Waals surface area contributed by atoms with E-state index in [0.717, 1.165) is 17.7 Å². The molecular formula is C18H20FN3O5. The van der Waals surface area contributed by atoms with Gasteiger partial charge in [-0.15, -0.1) is 0 Å². The molecule has 9 heteroatoms. The smallest absolute Gasteiger partial charge is 0.306 e. The van der Waals surface area contributed by atoms with Gasteiger partial charge in [-0.05, 0) is 37.6 Å². The quantitative estimate of drug-likeness (QED) is 0.565. The lowest BCUT2D eigenvalue weighted by atomic mass is 10.1. The first-order chi connectivity index (χ1) is 12.8. The van der Waals surface area contributed by atoms with Crippen molar-refractivity contribution in [2.75, 3.05) is 24.9 Å². The summed E-state index contributed by atoms with van der Waals surface area (Å²) >= 11 is 0. The fraction of sp³-hybridized carbons (Fsp3) is 0.278. The normalized spacial score (nSPS) is 11.4. The highest BCUT2D eigenvalue weighted by atomic mass is 19.1. The minimum atomic E-state index is -0.967. The van der Waals surface area contributed by atoms with Gasteiger partial charge < -0.3 is 20.1 Å². The van der Waals surface area contributed by atoms with Gasteiger partial charge in [-0.1, -0.05) is 0 Å². The van der Waals surface area contributed by atoms with Crippen LogP contribution in [0.4, 0.5) is 21.5 Å². The minimum Gasteiger partial charge on any atom is -0.493 e. The third kappa shape index (κ3) is 4.63. The third-order valence-electron chi connectivity index (χ3n) is 3.91. The van der Waals surface area contributed by atoms with Crippen molar-refractivity contribution in [2.45, 2.75) is 19.9 Å². The molecule has 8 nitrogen and oxygen atoms in total. The van der Waals surface area contributed by atoms with Crippen molar-refractivity contribution >= 4 is 23.0 Å². The van der Waals surface area contributed by atoms with Crippen molar-refractivity contribution in [3.05, 3.63) is 51.8 Å². The fourth-order valence-corrected chi connectivity index (χ4v) is 2.42. The van der Waals surface area contributed by atoms with E-state index in [1.807, 2.05) is 6.92 Å². The van der Waals surface area contributed by atoms with Gasteiger partial charge in [-0.3, -0.25) is 14.9 Å². The monoisotopic (exact) mass is 377 g/mol. The second-order valence-corrected chi connectivity index (χ2v) is 5.80. The highest BCUT2D eigenvalue weighted by Gasteiger charge is 2.19. The maximum absolute atomic E-state index is 13.4. The van der Waals surface area contributed by atoms with Crippen molar-refractivity contribution in [3.8, 4) is 11.5 Å². The molecule has 0 aliphatic heterocycles. The number of carbonyl (C=O) groups is 1. The van der Waals surface area contributed by atoms with Gasteiger partial charge in [0.05, 0.1) is 19.1 Å². The molecule has 1 atom stereocenters. The molecule has 0 spiro atoms. The molecular weight excluding hydrogens is 357 g/mol. The number of nitrogens with one attached hydrogen (secondary N) is 2. The van der Waals surface area contributed by atoms with Gasteiger partial charge in [-0.2, -0.15) is 4.39 Å². The van der Waals surface area contributed by atoms with Crippen LogP contribution in [0.25, 0.3) is 0 Å². The molecule has 27 heavy (non-hydrogen) atoms. The maximum Gasteiger partial charge on any atom is 0.306 e. The van der Waals surface area contributed by atoms with Crippen LogP contribution in [0.1, 0.15) is 12.5 Å². The molecule has 0 heterocycles. The van der Waals surface area contributed by atoms with Crippen molar-refractivity contribution < 1.29 is 23.6 Å². The topological polar surface area (TPSA) is 103 Å². The molecule has 0 fully saturated rings. The molecule has 1 amide bonds. The summed E-state index contributed by atoms with van der Waals surface area (Å²) in [5.41, 5.74) is 0.931. The summed E-state index contributed by atoms with van der Waals surface area (Å²) in [6.45, 7) is 3.47. The third-order valence-corrected chi connectivity index (χ3v) is 3.91. The minimum absolute atomic E-state index is 0.130. The second kappa shape index (κ2) is 8.35. The van der Waals surface area contributed by atoms with E-state index in [1.54, 1.807) is 19.1 Å². The first kappa shape index (κ1) is 20.0. The zero-order valence-electron chi connectivity index (χ0n) is 15.3. The Morgan fingerprint density at radius 1 is 1.19 bits per heavy atom. The van der Waals surface area contributed by atoms with Gasteiger partial charge in [0.2, 0.25) is 11.7 Å². The van der Waals surface area contributed by atoms with Crippen LogP contribution in [-0.4, -0.2) is 31.1 Å². The largest absolute Gasteiger partial charge is 0.493 e. The van der Waals surface area contributed by atoms with Crippen molar-refractivity contribution in [1.29, 1.82) is 0 Å². The lowest BCUT2D eigenvalue weighted by Gasteiger charge is -2.19. The second-order valence-electron chi connectivity index (χ2n) is 5.80. The molecule has 2 aromatic carbocycles. The number of amides is 1. The zero-order chi connectivity index (χ0) is 20.1. The van der Waals surface area contributed by atoms with E-state index in [-0.39, 0.29) is 5.69 Å². The Kier molecular flexibility index (Phi) is 6.17. The van der Waals surface area contributed by atoms with E-state index in [2.05, 4.69) is 10.6 Å². The van der Waals surface area contributed by atoms with Gasteiger partial charge in [0.1, 0.15) is 6.04 Å². The highest BCUT2D eigenvalue weighted by molar-refractivity contribution is 5.96. The number of rotatable bonds is 7. The number of nitrogens with zero attached hydrogens (tertiary/aromatic N) is 1. The first-order valence-corrected chi connectivity index (χ1v) is 8.00. The van der Waals surface area contributed by atoms with Gasteiger partial charge in [0.25, 0.3) is 0 Å². The summed E-state index contributed by atoms with van der Waals surface area (Å²) in [6.07, 6.45) is 0. The average Bonchev–Trinajstić information content (AvgIpc) is 2.64. The number of nitro benzene ring substituents is 1. The molecule has 0 saturated heterocycles. The van der Waals surface area contributed by atoms with Gasteiger partial charge in [-0.25, -0.2) is 0 Å². The number of methoxy groups -OCH3 is 2. The number of hydrogen-bond donors (Lipinski definition) is 2. The average molecular weight is 377 g/mol. The Bertz CT molecular complexity index is 872. The first-order valence-electron chi connectivity index (χ1n) is 8.00. The Balaban J connectivity index is 2.15. The molecule has 0 bridgehead atoms. The molecule has 0 aliphatic rings. The van der Waals surface area contributed by atoms with Crippen LogP contribution in [-0.2, 0) is 4.79 Å². The molecule has 2 rings (SSSR count). The molecule has 144 valence electrons. The number of nitro groups is 1. The van der Waals surface area contributed by atoms with E-state index in [1.165, 1.54) is 20.3 Å². The summed E-state index contributed by atoms with van der Waals surface area (Å²) < 4.78 is 23.9. The summed E-state index contributed by atoms with van der Waals surface area (Å²) in [5, 5.41) is 16.4. The molecule has 0 radical (unpaired) electrons. The lowest BCUT2D eigenvalue weighted by Crippen LogP contribution is -2.32. The lowest BCUT2D eigenvalue weighted by molar-refractivity contribution is -0.387. The van der Waals surface area contributed by atoms with Gasteiger partial charge in [0, 0.05) is 23.5 Å². The van der Waals surface area contributed by atoms with Crippen molar-refractivity contribution in [1.82, 2.24) is 0 Å². The van der Waals surface area contributed by atoms with Crippen LogP contribution < -0.4 is 20.1 Å². The molecule has 2 N–H and O–H groups in total. The molecule has 0 saturated carbocycles. The fourth-order valence-electron chi connectivity index (χ4n) is 2.42. The SMILES string of the molecule is COc1cc(C)c(N[C@H](C)C(=O)Nc2ccc(F)c([N+](=O)[O-])c2)cc1OC. The summed E-state index contributed by atoms with van der Waals surface area (Å²) in [7, 11) is 3.04. The maximum atomic E-state index is 13.4. The number of aryl methyl sites for hydroxylation is 1. The van der Waals surface area contributed by atoms with Crippen molar-refractivity contribution in [3.63, 3.8) is 0 Å². The van der Waals surface area contributed by atoms with E-state index >= 15 is 0 Å². The highest BCUT2D eigenvalue weighted by Crippen LogP contribution is 2.33. The number of anilines is 2. The van der Waals surface area contributed by atoms with Crippen LogP contribution in [0.2, 0.25) is 0 Å². The predicted molar refractivity (Wildman–Crippen MR) is 99.1 cm³/mol. The van der Waals surface area contributed by atoms with Gasteiger partial charge >= 0.3 is 5.69 Å². The zero-order valence-corrected chi connectivity index (χ0v) is 15.3. The van der Waals surface area contributed by atoms with E-state index in [9.17, 15) is 19.3 Å². The van der Waals surface area contributed by atoms with Gasteiger partial charge in [0.15, 0.2) is 11.5 Å². The molecule has 0 aromatic heterocycles. The van der Waals surface area contributed by atoms with Crippen molar-refractivity contribution in [2.24, 2.45) is 0 Å². The van der Waals surface area contributed by atoms with E-state index in [0.29, 0.717) is 17.2 Å². The van der Waals surface area contributed by atoms with E-state index < -0.39 is 28.4 Å². The predicted octanol–water partition coefficient (Wildman–Crippen LogP) is 3.50. The number of ether oxygens (including phenoxy) is 2. The van der Waals surface area contributed by atoms with Crippen LogP contribution in [0, 0.1) is 22.9 Å². The Morgan fingerprint density at radius 2 is 1.81 bits per heavy atom. The molecule has 0 unspecified atom stereocenters. The molecule has 2 aromatic rings. The van der Waals surface area contributed by atoms with Crippen LogP contribution in [0.5, 0.6) is 11.5 Å². The Hall–Kier alpha value is -3.36. The Labute approximate surface area is 155 Å². The number of hydrogen-bond acceptors (Lipinski definition) is 6. The summed E-state index contributed by atoms with van der Waals surface area (Å²) in [4.78, 5) is 22.3. The number of benzene rings is 2. The summed E-state index contributed by atoms with van der Waals surface area (Å²) in [6, 6.07) is 5.97. The van der Waals surface area contributed by atoms with E-state index in [4.69, 9.17) is 9.47 Å².